The Kier molecular flexibility index (Phi) is 3.28. The lowest BCUT2D eigenvalue weighted by Gasteiger charge is -2.39. The number of hydrogen-bond acceptors (Lipinski definition) is 2. The average Bonchev–Trinajstić information content (AvgIpc) is 2.24. The highest BCUT2D eigenvalue weighted by Crippen LogP contribution is 2.50. The number of halogens is 1. The van der Waals surface area contributed by atoms with E-state index in [1.54, 1.807) is 0 Å². The minimum atomic E-state index is -0.812. The topological polar surface area (TPSA) is 46.5 Å². The molecule has 1 fully saturated rings. The molecular formula is C14H17ClO3. The van der Waals surface area contributed by atoms with Crippen LogP contribution in [0.1, 0.15) is 36.0 Å². The third kappa shape index (κ3) is 1.69. The van der Waals surface area contributed by atoms with Crippen LogP contribution in [0.3, 0.4) is 0 Å². The van der Waals surface area contributed by atoms with Crippen molar-refractivity contribution in [1.29, 1.82) is 0 Å². The van der Waals surface area contributed by atoms with Crippen LogP contribution in [0.4, 0.5) is 0 Å². The fraction of sp³-hybridized carbons (Fsp3) is 0.500. The highest BCUT2D eigenvalue weighted by atomic mass is 35.5. The molecule has 2 rings (SSSR count). The fourth-order valence-electron chi connectivity index (χ4n) is 2.54. The molecule has 1 aromatic carbocycles. The molecule has 18 heavy (non-hydrogen) atoms. The van der Waals surface area contributed by atoms with Crippen molar-refractivity contribution >= 4 is 17.6 Å². The van der Waals surface area contributed by atoms with Crippen LogP contribution in [-0.2, 0) is 10.2 Å². The Morgan fingerprint density at radius 1 is 1.44 bits per heavy atom. The van der Waals surface area contributed by atoms with Crippen molar-refractivity contribution < 1.29 is 14.6 Å². The maximum atomic E-state index is 11.6. The summed E-state index contributed by atoms with van der Waals surface area (Å²) < 4.78 is 5.35. The van der Waals surface area contributed by atoms with Gasteiger partial charge in [-0.2, -0.15) is 0 Å². The highest BCUT2D eigenvalue weighted by molar-refractivity contribution is 6.33. The van der Waals surface area contributed by atoms with Gasteiger partial charge in [0.05, 0.1) is 17.5 Å². The molecule has 0 heterocycles. The van der Waals surface area contributed by atoms with Gasteiger partial charge in [0.25, 0.3) is 0 Å². The molecule has 1 aliphatic carbocycles. The molecule has 0 unspecified atom stereocenters. The Morgan fingerprint density at radius 2 is 2.06 bits per heavy atom. The SMILES string of the molecule is COc1c(C2(C(=O)O)CCC2)cc(C)c(C)c1Cl. The number of rotatable bonds is 3. The molecule has 4 heteroatoms. The Balaban J connectivity index is 2.67. The lowest BCUT2D eigenvalue weighted by molar-refractivity contribution is -0.147. The van der Waals surface area contributed by atoms with Gasteiger partial charge in [0, 0.05) is 5.56 Å². The van der Waals surface area contributed by atoms with Crippen molar-refractivity contribution in [2.24, 2.45) is 0 Å². The number of ether oxygens (including phenoxy) is 1. The van der Waals surface area contributed by atoms with Gasteiger partial charge in [0.2, 0.25) is 0 Å². The fourth-order valence-corrected chi connectivity index (χ4v) is 2.86. The zero-order valence-corrected chi connectivity index (χ0v) is 11.6. The zero-order valence-electron chi connectivity index (χ0n) is 10.8. The molecule has 0 bridgehead atoms. The Morgan fingerprint density at radius 3 is 2.44 bits per heavy atom. The molecule has 1 N–H and O–H groups in total. The van der Waals surface area contributed by atoms with E-state index in [0.717, 1.165) is 23.1 Å². The van der Waals surface area contributed by atoms with Crippen LogP contribution < -0.4 is 4.74 Å². The number of carbonyl (C=O) groups is 1. The van der Waals surface area contributed by atoms with E-state index < -0.39 is 11.4 Å². The van der Waals surface area contributed by atoms with Crippen LogP contribution in [-0.4, -0.2) is 18.2 Å². The van der Waals surface area contributed by atoms with Gasteiger partial charge in [-0.05, 0) is 37.8 Å². The van der Waals surface area contributed by atoms with E-state index in [2.05, 4.69) is 0 Å². The van der Waals surface area contributed by atoms with E-state index in [1.807, 2.05) is 19.9 Å². The molecule has 3 nitrogen and oxygen atoms in total. The van der Waals surface area contributed by atoms with E-state index in [0.29, 0.717) is 23.6 Å². The van der Waals surface area contributed by atoms with Crippen LogP contribution in [0.2, 0.25) is 5.02 Å². The van der Waals surface area contributed by atoms with Crippen LogP contribution in [0.15, 0.2) is 6.07 Å². The van der Waals surface area contributed by atoms with Crippen molar-refractivity contribution in [2.75, 3.05) is 7.11 Å². The summed E-state index contributed by atoms with van der Waals surface area (Å²) in [5.41, 5.74) is 1.85. The molecule has 1 aliphatic rings. The van der Waals surface area contributed by atoms with Crippen molar-refractivity contribution in [3.05, 3.63) is 27.8 Å². The predicted molar refractivity (Wildman–Crippen MR) is 70.6 cm³/mol. The maximum Gasteiger partial charge on any atom is 0.314 e. The number of benzene rings is 1. The number of carboxylic acid groups (broad SMARTS) is 1. The molecule has 0 radical (unpaired) electrons. The summed E-state index contributed by atoms with van der Waals surface area (Å²) in [6, 6.07) is 1.91. The summed E-state index contributed by atoms with van der Waals surface area (Å²) in [4.78, 5) is 11.6. The second-order valence-corrected chi connectivity index (χ2v) is 5.33. The van der Waals surface area contributed by atoms with Crippen molar-refractivity contribution in [2.45, 2.75) is 38.5 Å². The van der Waals surface area contributed by atoms with Gasteiger partial charge in [-0.1, -0.05) is 24.1 Å². The first-order chi connectivity index (χ1) is 8.44. The first-order valence-corrected chi connectivity index (χ1v) is 6.39. The van der Waals surface area contributed by atoms with Crippen molar-refractivity contribution in [3.63, 3.8) is 0 Å². The van der Waals surface area contributed by atoms with Gasteiger partial charge in [0.15, 0.2) is 0 Å². The first-order valence-electron chi connectivity index (χ1n) is 6.01. The summed E-state index contributed by atoms with van der Waals surface area (Å²) in [5, 5.41) is 10.0. The molecule has 0 amide bonds. The smallest absolute Gasteiger partial charge is 0.314 e. The van der Waals surface area contributed by atoms with Crippen LogP contribution in [0, 0.1) is 13.8 Å². The Bertz CT molecular complexity index is 504. The summed E-state index contributed by atoms with van der Waals surface area (Å²) in [5.74, 6) is -0.270. The van der Waals surface area contributed by atoms with Gasteiger partial charge in [-0.25, -0.2) is 0 Å². The number of carboxylic acids is 1. The lowest BCUT2D eigenvalue weighted by atomic mass is 9.64. The first kappa shape index (κ1) is 13.2. The molecule has 98 valence electrons. The number of aryl methyl sites for hydroxylation is 1. The highest BCUT2D eigenvalue weighted by Gasteiger charge is 2.48. The van der Waals surface area contributed by atoms with Gasteiger partial charge < -0.3 is 9.84 Å². The van der Waals surface area contributed by atoms with Gasteiger partial charge in [0.1, 0.15) is 5.75 Å². The van der Waals surface area contributed by atoms with Gasteiger partial charge in [-0.15, -0.1) is 0 Å². The van der Waals surface area contributed by atoms with Gasteiger partial charge in [-0.3, -0.25) is 4.79 Å². The predicted octanol–water partition coefficient (Wildman–Crippen LogP) is 3.47. The van der Waals surface area contributed by atoms with Crippen LogP contribution in [0.25, 0.3) is 0 Å². The van der Waals surface area contributed by atoms with Crippen LogP contribution >= 0.6 is 11.6 Å². The molecule has 1 aromatic rings. The third-order valence-electron chi connectivity index (χ3n) is 4.06. The van der Waals surface area contributed by atoms with E-state index in [1.165, 1.54) is 7.11 Å². The monoisotopic (exact) mass is 268 g/mol. The van der Waals surface area contributed by atoms with E-state index >= 15 is 0 Å². The molecule has 0 saturated heterocycles. The third-order valence-corrected chi connectivity index (χ3v) is 4.52. The van der Waals surface area contributed by atoms with Crippen LogP contribution in [0.5, 0.6) is 5.75 Å². The minimum absolute atomic E-state index is 0.516. The Labute approximate surface area is 112 Å². The van der Waals surface area contributed by atoms with Crippen molar-refractivity contribution in [3.8, 4) is 5.75 Å². The quantitative estimate of drug-likeness (QED) is 0.913. The number of hydrogen-bond donors (Lipinski definition) is 1. The van der Waals surface area contributed by atoms with E-state index in [-0.39, 0.29) is 0 Å². The molecular weight excluding hydrogens is 252 g/mol. The largest absolute Gasteiger partial charge is 0.495 e. The minimum Gasteiger partial charge on any atom is -0.495 e. The van der Waals surface area contributed by atoms with Crippen molar-refractivity contribution in [1.82, 2.24) is 0 Å². The average molecular weight is 269 g/mol. The Hall–Kier alpha value is -1.22. The molecule has 0 aliphatic heterocycles. The maximum absolute atomic E-state index is 11.6. The normalized spacial score (nSPS) is 17.1. The number of aliphatic carboxylic acids is 1. The van der Waals surface area contributed by atoms with Gasteiger partial charge >= 0.3 is 5.97 Å². The molecule has 0 spiro atoms. The molecule has 0 atom stereocenters. The summed E-state index contributed by atoms with van der Waals surface area (Å²) in [6.07, 6.45) is 2.23. The molecule has 0 aromatic heterocycles. The lowest BCUT2D eigenvalue weighted by Crippen LogP contribution is -2.42. The van der Waals surface area contributed by atoms with E-state index in [4.69, 9.17) is 16.3 Å². The van der Waals surface area contributed by atoms with E-state index in [9.17, 15) is 9.90 Å². The summed E-state index contributed by atoms with van der Waals surface area (Å²) >= 11 is 6.28. The summed E-state index contributed by atoms with van der Waals surface area (Å²) in [7, 11) is 1.54. The standard InChI is InChI=1S/C14H17ClO3/c1-8-7-10(12(18-3)11(15)9(8)2)14(13(16)17)5-4-6-14/h7H,4-6H2,1-3H3,(H,16,17). The number of methoxy groups -OCH3 is 1. The zero-order chi connectivity index (χ0) is 13.5. The molecule has 1 saturated carbocycles. The summed E-state index contributed by atoms with van der Waals surface area (Å²) in [6.45, 7) is 3.86. The second kappa shape index (κ2) is 4.47. The second-order valence-electron chi connectivity index (χ2n) is 4.95.